The van der Waals surface area contributed by atoms with Crippen LogP contribution in [0.3, 0.4) is 0 Å². The number of nitrogens with one attached hydrogen (secondary N) is 7. The number of sulfonamides is 1. The van der Waals surface area contributed by atoms with Gasteiger partial charge in [0.15, 0.2) is 34.7 Å². The van der Waals surface area contributed by atoms with E-state index < -0.39 is 290 Å². The number of benzene rings is 3. The Morgan fingerprint density at radius 2 is 0.924 bits per heavy atom. The molecule has 38 nitrogen and oxygen atoms in total. The van der Waals surface area contributed by atoms with Crippen LogP contribution in [0.2, 0.25) is 0 Å². The van der Waals surface area contributed by atoms with Crippen molar-refractivity contribution in [1.82, 2.24) is 41.5 Å². The van der Waals surface area contributed by atoms with Crippen molar-refractivity contribution in [3.05, 3.63) is 95.6 Å². The predicted octanol–water partition coefficient (Wildman–Crippen LogP) is 2.49. The molecule has 3 aromatic rings. The van der Waals surface area contributed by atoms with Crippen LogP contribution in [-0.4, -0.2) is 269 Å². The number of rotatable bonds is 67. The van der Waals surface area contributed by atoms with Crippen LogP contribution in [0.25, 0.3) is 0 Å². The molecule has 3 aromatic carbocycles. The highest BCUT2D eigenvalue weighted by atomic mass is 32.2. The number of unbranched alkanes of at least 4 members (excludes halogenated alkanes) is 1. The Morgan fingerprint density at radius 3 is 1.45 bits per heavy atom. The first-order valence-electron chi connectivity index (χ1n) is 44.7. The minimum atomic E-state index is -3.38. The first-order chi connectivity index (χ1) is 62.3. The van der Waals surface area contributed by atoms with Gasteiger partial charge in [-0.2, -0.15) is 0 Å². The standard InChI is InChI=1S/C92H133N9O29S2/c1-8-54(4)85(81(115)42-62(36-59-21-26-66(106)27-22-59)88(124)96-73(35-53(2)3)77(111)40-63(44-83(118)119)87(123)95-55(5)17-12-13-31-93)100-90(126)65(49-102)43-78(112)74(38-60-23-28-67(107)29-24-60)97-89(125)64(45-84(120)121)41-79(113)76(50-103)99-92(128)72(57(7)105)47-80(114)75(37-58-18-10-9-11-19-58)98-91(127)71(56(6)104)46-69(109)48-94-86(122)61(25-30-82(116)117)39-70(110)52-131-51-68(108)20-16-33-101-32-14-15-34-132(101,129)130/h9-11,18-19,21-24,26-29,53-57,61-65,71-76,85,102-107H,8,12-17,20,25,30-52,93H2,1-7H3,(H,94,122)(H,95,123)(H,96,124)(H,97,125)(H,98,127)(H,99,128)(H,100,126)(H,116,117)(H,118,119)(H,120,121)/t54-,55+,56+,57+,61+,62+,63-,64-,65-,71-,72-,73-,74-,75-,76-,85-/m0/s1. The molecule has 4 rings (SSSR count). The summed E-state index contributed by atoms with van der Waals surface area (Å²) in [6.45, 7) is 8.68. The minimum Gasteiger partial charge on any atom is -0.508 e. The Kier molecular flexibility index (Phi) is 50.3. The molecule has 0 bridgehead atoms. The van der Waals surface area contributed by atoms with Crippen LogP contribution in [0.5, 0.6) is 11.5 Å². The van der Waals surface area contributed by atoms with Crippen molar-refractivity contribution >= 4 is 127 Å². The maximum Gasteiger partial charge on any atom is 0.304 e. The summed E-state index contributed by atoms with van der Waals surface area (Å²) in [5.41, 5.74) is 6.77. The van der Waals surface area contributed by atoms with E-state index in [9.17, 15) is 141 Å². The Morgan fingerprint density at radius 1 is 0.447 bits per heavy atom. The van der Waals surface area contributed by atoms with Crippen molar-refractivity contribution in [2.24, 2.45) is 59.0 Å². The highest BCUT2D eigenvalue weighted by Gasteiger charge is 2.41. The van der Waals surface area contributed by atoms with Gasteiger partial charge in [-0.1, -0.05) is 95.1 Å². The normalized spacial score (nSPS) is 16.2. The summed E-state index contributed by atoms with van der Waals surface area (Å²) in [5.74, 6) is -30.0. The third-order valence-electron chi connectivity index (χ3n) is 23.0. The molecule has 1 aliphatic rings. The lowest BCUT2D eigenvalue weighted by Crippen LogP contribution is -2.52. The molecule has 0 unspecified atom stereocenters. The third kappa shape index (κ3) is 41.7. The summed E-state index contributed by atoms with van der Waals surface area (Å²) in [5, 5.41) is 111. The van der Waals surface area contributed by atoms with Crippen LogP contribution in [0.15, 0.2) is 78.9 Å². The first-order valence-corrected chi connectivity index (χ1v) is 47.4. The maximum atomic E-state index is 14.8. The number of carbonyl (C=O) groups excluding carboxylic acids is 15. The number of ketones is 8. The van der Waals surface area contributed by atoms with Crippen molar-refractivity contribution < 1.29 is 141 Å². The lowest BCUT2D eigenvalue weighted by molar-refractivity contribution is -0.143. The third-order valence-corrected chi connectivity index (χ3v) is 26.0. The highest BCUT2D eigenvalue weighted by molar-refractivity contribution is 8.00. The van der Waals surface area contributed by atoms with Crippen LogP contribution in [-0.2, 0) is 116 Å². The number of hydrogen-bond donors (Lipinski definition) is 17. The molecular weight excluding hydrogens is 1760 g/mol. The Hall–Kier alpha value is -10.6. The fourth-order valence-electron chi connectivity index (χ4n) is 15.1. The van der Waals surface area contributed by atoms with Crippen LogP contribution >= 0.6 is 11.8 Å². The Bertz CT molecular complexity index is 4500. The number of carbonyl (C=O) groups is 18. The van der Waals surface area contributed by atoms with Gasteiger partial charge in [0.05, 0.1) is 116 Å². The first kappa shape index (κ1) is 114. The number of thioether (sulfide) groups is 1. The number of phenols is 2. The number of aliphatic hydroxyl groups is 4. The summed E-state index contributed by atoms with van der Waals surface area (Å²) in [7, 11) is -3.38. The SMILES string of the molecule is CC[C@H](C)[C@H](NC(=O)[C@H](CO)CC(=O)[C@H](Cc1ccc(O)cc1)NC(=O)[C@H](CC(=O)O)CC(=O)[C@H](CO)NC(=O)[C@@H](CC(=O)[C@H](Cc1ccccc1)NC(=O)[C@@H](CC(=O)CNC(=O)[C@H](CCC(=O)O)CC(=O)CSCC(=O)CCCN1CCCCS1(=O)=O)[C@@H](C)O)[C@@H](C)O)C(=O)C[C@@H](Cc1ccc(O)cc1)C(=O)N[C@@H](CC(C)C)C(=O)C[C@@H](CC(=O)O)C(=O)N[C@H](C)CCCCN. The number of phenolic OH excluding ortho intramolecular Hbond substituents is 2. The van der Waals surface area contributed by atoms with Crippen molar-refractivity contribution in [3.63, 3.8) is 0 Å². The minimum absolute atomic E-state index is 0.0240. The summed E-state index contributed by atoms with van der Waals surface area (Å²) in [6, 6.07) is 10.4. The second-order valence-electron chi connectivity index (χ2n) is 34.7. The van der Waals surface area contributed by atoms with Gasteiger partial charge < -0.3 is 88.9 Å². The average molecular weight is 1890 g/mol. The number of aliphatic carboxylic acids is 3. The van der Waals surface area contributed by atoms with Crippen molar-refractivity contribution in [2.45, 2.75) is 245 Å². The van der Waals surface area contributed by atoms with E-state index in [1.54, 1.807) is 65.0 Å². The van der Waals surface area contributed by atoms with Gasteiger partial charge in [-0.3, -0.25) is 86.3 Å². The largest absolute Gasteiger partial charge is 0.508 e. The zero-order valence-corrected chi connectivity index (χ0v) is 77.6. The van der Waals surface area contributed by atoms with Crippen molar-refractivity contribution in [3.8, 4) is 11.5 Å². The van der Waals surface area contributed by atoms with Crippen LogP contribution in [0.4, 0.5) is 0 Å². The van der Waals surface area contributed by atoms with Gasteiger partial charge in [-0.15, -0.1) is 11.8 Å². The lowest BCUT2D eigenvalue weighted by Gasteiger charge is -2.28. The van der Waals surface area contributed by atoms with Gasteiger partial charge in [-0.25, -0.2) is 12.7 Å². The molecule has 732 valence electrons. The Balaban J connectivity index is 1.52. The number of aliphatic hydroxyl groups excluding tert-OH is 4. The van der Waals surface area contributed by atoms with Crippen LogP contribution in [0.1, 0.15) is 194 Å². The van der Waals surface area contributed by atoms with E-state index in [0.29, 0.717) is 56.3 Å². The molecule has 18 N–H and O–H groups in total. The van der Waals surface area contributed by atoms with E-state index >= 15 is 0 Å². The fourth-order valence-corrected chi connectivity index (χ4v) is 17.6. The van der Waals surface area contributed by atoms with E-state index in [4.69, 9.17) is 5.73 Å². The number of hydrogen-bond acceptors (Lipinski definition) is 28. The Labute approximate surface area is 772 Å². The highest BCUT2D eigenvalue weighted by Crippen LogP contribution is 2.27. The lowest BCUT2D eigenvalue weighted by atomic mass is 9.85. The number of carboxylic acid groups (broad SMARTS) is 3. The monoisotopic (exact) mass is 1890 g/mol. The van der Waals surface area contributed by atoms with Gasteiger partial charge in [0.25, 0.3) is 0 Å². The summed E-state index contributed by atoms with van der Waals surface area (Å²) < 4.78 is 26.0. The number of amides is 7. The van der Waals surface area contributed by atoms with E-state index in [-0.39, 0.29) is 104 Å². The van der Waals surface area contributed by atoms with Gasteiger partial charge in [-0.05, 0) is 144 Å². The topological polar surface area (TPSA) is 637 Å². The molecular formula is C92H133N9O29S2. The van der Waals surface area contributed by atoms with Crippen molar-refractivity contribution in [2.75, 3.05) is 56.7 Å². The van der Waals surface area contributed by atoms with E-state index in [1.807, 2.05) is 0 Å². The van der Waals surface area contributed by atoms with E-state index in [1.165, 1.54) is 52.8 Å². The molecule has 0 aromatic heterocycles. The number of nitrogens with zero attached hydrogens (tertiary/aromatic N) is 1. The van der Waals surface area contributed by atoms with Crippen LogP contribution in [0, 0.1) is 53.3 Å². The maximum absolute atomic E-state index is 14.8. The smallest absolute Gasteiger partial charge is 0.304 e. The van der Waals surface area contributed by atoms with Gasteiger partial charge in [0, 0.05) is 88.8 Å². The number of Topliss-reactive ketones (excluding diaryl/α,β-unsaturated/α-hetero) is 8. The average Bonchev–Trinajstić information content (AvgIpc) is 0.859. The molecule has 16 atom stereocenters. The molecule has 0 spiro atoms. The van der Waals surface area contributed by atoms with E-state index in [2.05, 4.69) is 37.2 Å². The molecule has 1 aliphatic heterocycles. The molecule has 1 fully saturated rings. The number of carboxylic acids is 3. The van der Waals surface area contributed by atoms with Gasteiger partial charge in [0.2, 0.25) is 51.4 Å². The van der Waals surface area contributed by atoms with Crippen molar-refractivity contribution in [1.29, 1.82) is 0 Å². The molecule has 0 saturated carbocycles. The molecule has 1 saturated heterocycles. The molecule has 1 heterocycles. The molecule has 40 heteroatoms. The summed E-state index contributed by atoms with van der Waals surface area (Å²) in [4.78, 5) is 247. The van der Waals surface area contributed by atoms with Gasteiger partial charge >= 0.3 is 17.9 Å². The molecule has 0 aliphatic carbocycles. The van der Waals surface area contributed by atoms with Crippen LogP contribution < -0.4 is 43.0 Å². The predicted molar refractivity (Wildman–Crippen MR) is 483 cm³/mol. The molecule has 0 radical (unpaired) electrons. The molecule has 132 heavy (non-hydrogen) atoms. The zero-order chi connectivity index (χ0) is 98.6. The second kappa shape index (κ2) is 58.4. The fraction of sp³-hybridized carbons (Fsp3) is 0.609. The zero-order valence-electron chi connectivity index (χ0n) is 76.0. The van der Waals surface area contributed by atoms with E-state index in [0.717, 1.165) is 25.6 Å². The number of aromatic hydroxyl groups is 2. The second-order valence-corrected chi connectivity index (χ2v) is 37.7. The number of nitrogens with two attached hydrogens (primary N) is 1. The van der Waals surface area contributed by atoms with Gasteiger partial charge in [0.1, 0.15) is 29.1 Å². The summed E-state index contributed by atoms with van der Waals surface area (Å²) >= 11 is 0.957. The molecule has 7 amide bonds. The quantitative estimate of drug-likeness (QED) is 0.0361. The summed E-state index contributed by atoms with van der Waals surface area (Å²) in [6.07, 6.45) is -8.61.